The van der Waals surface area contributed by atoms with Crippen molar-refractivity contribution in [3.8, 4) is 0 Å². The summed E-state index contributed by atoms with van der Waals surface area (Å²) in [4.78, 5) is 0. The van der Waals surface area contributed by atoms with E-state index < -0.39 is 0 Å². The van der Waals surface area contributed by atoms with Crippen LogP contribution in [0.5, 0.6) is 0 Å². The monoisotopic (exact) mass is 120 g/mol. The van der Waals surface area contributed by atoms with Crippen LogP contribution in [0, 0.1) is 13.5 Å². The van der Waals surface area contributed by atoms with Crippen molar-refractivity contribution in [1.82, 2.24) is 0 Å². The van der Waals surface area contributed by atoms with Gasteiger partial charge in [0.2, 0.25) is 0 Å². The smallest absolute Gasteiger partial charge is 0.0313 e. The van der Waals surface area contributed by atoms with Gasteiger partial charge in [-0.15, -0.1) is 0 Å². The third-order valence-corrected chi connectivity index (χ3v) is 0.914. The second-order valence-corrected chi connectivity index (χ2v) is 1.67. The minimum Gasteiger partial charge on any atom is -0.0882 e. The summed E-state index contributed by atoms with van der Waals surface area (Å²) >= 11 is 0. The molecule has 0 saturated heterocycles. The van der Waals surface area contributed by atoms with E-state index in [0.29, 0.717) is 0 Å². The first-order valence-corrected chi connectivity index (χ1v) is 3.06. The molecule has 0 amide bonds. The highest BCUT2D eigenvalue weighted by atomic mass is 13.8. The molecule has 0 aromatic heterocycles. The summed E-state index contributed by atoms with van der Waals surface area (Å²) in [5.41, 5.74) is 0. The minimum atomic E-state index is 1.04. The Morgan fingerprint density at radius 3 is 2.44 bits per heavy atom. The van der Waals surface area contributed by atoms with E-state index in [4.69, 9.17) is 6.58 Å². The molecule has 0 rings (SSSR count). The molecule has 0 heterocycles. The van der Waals surface area contributed by atoms with Crippen LogP contribution in [0.1, 0.15) is 12.8 Å². The first kappa shape index (κ1) is 8.22. The second kappa shape index (κ2) is 7.22. The van der Waals surface area contributed by atoms with Crippen molar-refractivity contribution in [2.24, 2.45) is 0 Å². The summed E-state index contributed by atoms with van der Waals surface area (Å²) in [6.45, 7) is 8.67. The fourth-order valence-electron chi connectivity index (χ4n) is 0.485. The van der Waals surface area contributed by atoms with Gasteiger partial charge in [0.1, 0.15) is 0 Å². The Morgan fingerprint density at radius 2 is 1.89 bits per heavy atom. The van der Waals surface area contributed by atoms with Gasteiger partial charge in [-0.3, -0.25) is 0 Å². The third-order valence-electron chi connectivity index (χ3n) is 0.914. The maximum atomic E-state index is 5.10. The van der Waals surface area contributed by atoms with Crippen LogP contribution in [0.25, 0.3) is 0 Å². The number of hydrogen-bond acceptors (Lipinski definition) is 0. The molecule has 0 aliphatic heterocycles. The molecule has 0 aliphatic carbocycles. The maximum Gasteiger partial charge on any atom is -0.0313 e. The zero-order valence-electron chi connectivity index (χ0n) is 5.59. The molecular formula is C9H12. The summed E-state index contributed by atoms with van der Waals surface area (Å²) in [5.74, 6) is 0. The van der Waals surface area contributed by atoms with Crippen LogP contribution in [-0.4, -0.2) is 0 Å². The van der Waals surface area contributed by atoms with E-state index in [-0.39, 0.29) is 0 Å². The molecule has 9 heavy (non-hydrogen) atoms. The lowest BCUT2D eigenvalue weighted by Crippen LogP contribution is -1.61. The molecule has 0 heteroatoms. The van der Waals surface area contributed by atoms with E-state index in [1.165, 1.54) is 6.08 Å². The van der Waals surface area contributed by atoms with E-state index in [1.807, 2.05) is 18.2 Å². The quantitative estimate of drug-likeness (QED) is 0.395. The van der Waals surface area contributed by atoms with Crippen molar-refractivity contribution in [3.63, 3.8) is 0 Å². The molecule has 0 saturated carbocycles. The van der Waals surface area contributed by atoms with Gasteiger partial charge in [-0.1, -0.05) is 37.0 Å². The molecule has 0 aromatic rings. The molecule has 2 radical (unpaired) electrons. The standard InChI is InChI=1S/C9H12/c1-3-5-7-9-8-6-4-2/h1,3-7H,2,8-9H2. The number of hydrogen-bond donors (Lipinski definition) is 0. The molecule has 0 atom stereocenters. The highest BCUT2D eigenvalue weighted by Crippen LogP contribution is 1.91. The average molecular weight is 120 g/mol. The second-order valence-electron chi connectivity index (χ2n) is 1.67. The first-order chi connectivity index (χ1) is 4.41. The van der Waals surface area contributed by atoms with Gasteiger partial charge in [-0.2, -0.15) is 0 Å². The molecule has 0 fully saturated rings. The average Bonchev–Trinajstić information content (AvgIpc) is 1.89. The summed E-state index contributed by atoms with van der Waals surface area (Å²) in [6.07, 6.45) is 11.3. The van der Waals surface area contributed by atoms with Crippen LogP contribution >= 0.6 is 0 Å². The van der Waals surface area contributed by atoms with Crippen molar-refractivity contribution < 1.29 is 0 Å². The number of unbranched alkanes of at least 4 members (excludes halogenated alkanes) is 1. The Morgan fingerprint density at radius 1 is 1.22 bits per heavy atom. The topological polar surface area (TPSA) is 0 Å². The van der Waals surface area contributed by atoms with Gasteiger partial charge in [-0.25, -0.2) is 0 Å². The van der Waals surface area contributed by atoms with E-state index in [9.17, 15) is 0 Å². The van der Waals surface area contributed by atoms with Gasteiger partial charge in [0.25, 0.3) is 0 Å². The fourth-order valence-corrected chi connectivity index (χ4v) is 0.485. The van der Waals surface area contributed by atoms with E-state index >= 15 is 0 Å². The van der Waals surface area contributed by atoms with Crippen molar-refractivity contribution in [2.45, 2.75) is 12.8 Å². The lowest BCUT2D eigenvalue weighted by atomic mass is 10.3. The van der Waals surface area contributed by atoms with Crippen molar-refractivity contribution in [1.29, 1.82) is 0 Å². The largest absolute Gasteiger partial charge is 0.0882 e. The number of allylic oxidation sites excluding steroid dienone is 5. The van der Waals surface area contributed by atoms with Crippen LogP contribution in [0.15, 0.2) is 30.4 Å². The summed E-state index contributed by atoms with van der Waals surface area (Å²) < 4.78 is 0. The lowest BCUT2D eigenvalue weighted by molar-refractivity contribution is 1.05. The Kier molecular flexibility index (Phi) is 6.59. The van der Waals surface area contributed by atoms with E-state index in [2.05, 4.69) is 6.92 Å². The molecule has 48 valence electrons. The minimum absolute atomic E-state index is 1.04. The summed E-state index contributed by atoms with van der Waals surface area (Å²) in [7, 11) is 0. The van der Waals surface area contributed by atoms with E-state index in [1.54, 1.807) is 6.08 Å². The molecule has 0 aliphatic rings. The normalized spacial score (nSPS) is 11.2. The molecule has 0 aromatic carbocycles. The number of rotatable bonds is 4. The van der Waals surface area contributed by atoms with Crippen LogP contribution in [0.3, 0.4) is 0 Å². The van der Waals surface area contributed by atoms with Gasteiger partial charge in [0, 0.05) is 0 Å². The summed E-state index contributed by atoms with van der Waals surface area (Å²) in [5, 5.41) is 0. The van der Waals surface area contributed by atoms with E-state index in [0.717, 1.165) is 12.8 Å². The van der Waals surface area contributed by atoms with Gasteiger partial charge in [0.15, 0.2) is 0 Å². The van der Waals surface area contributed by atoms with Gasteiger partial charge in [-0.05, 0) is 19.8 Å². The van der Waals surface area contributed by atoms with Gasteiger partial charge >= 0.3 is 0 Å². The molecule has 0 nitrogen and oxygen atoms in total. The zero-order valence-corrected chi connectivity index (χ0v) is 5.59. The van der Waals surface area contributed by atoms with Crippen LogP contribution < -0.4 is 0 Å². The molecule has 0 bridgehead atoms. The van der Waals surface area contributed by atoms with Crippen LogP contribution in [0.2, 0.25) is 0 Å². The van der Waals surface area contributed by atoms with Crippen LogP contribution in [0.4, 0.5) is 0 Å². The first-order valence-electron chi connectivity index (χ1n) is 3.06. The van der Waals surface area contributed by atoms with Gasteiger partial charge in [0.05, 0.1) is 0 Å². The molecular weight excluding hydrogens is 108 g/mol. The molecule has 0 spiro atoms. The van der Waals surface area contributed by atoms with Crippen molar-refractivity contribution >= 4 is 0 Å². The Bertz CT molecular complexity index is 107. The fraction of sp³-hybridized carbons (Fsp3) is 0.222. The molecule has 0 unspecified atom stereocenters. The zero-order chi connectivity index (χ0) is 6.95. The van der Waals surface area contributed by atoms with Gasteiger partial charge < -0.3 is 0 Å². The van der Waals surface area contributed by atoms with Crippen molar-refractivity contribution in [3.05, 3.63) is 43.9 Å². The van der Waals surface area contributed by atoms with Crippen molar-refractivity contribution in [2.75, 3.05) is 0 Å². The van der Waals surface area contributed by atoms with Crippen LogP contribution in [-0.2, 0) is 0 Å². The Labute approximate surface area is 57.6 Å². The molecule has 0 N–H and O–H groups in total. The highest BCUT2D eigenvalue weighted by Gasteiger charge is 1.71. The lowest BCUT2D eigenvalue weighted by Gasteiger charge is -1.81. The summed E-state index contributed by atoms with van der Waals surface area (Å²) in [6, 6.07) is 0. The Balaban J connectivity index is 3.08. The Hall–Kier alpha value is -0.780. The predicted molar refractivity (Wildman–Crippen MR) is 41.7 cm³/mol. The third kappa shape index (κ3) is 7.22. The maximum absolute atomic E-state index is 5.10. The highest BCUT2D eigenvalue weighted by molar-refractivity contribution is 4.97. The predicted octanol–water partition coefficient (Wildman–Crippen LogP) is 2.70. The SMILES string of the molecule is [CH]=CC=CCCC=C[CH2].